The van der Waals surface area contributed by atoms with Gasteiger partial charge >= 0.3 is 5.97 Å². The van der Waals surface area contributed by atoms with Crippen molar-refractivity contribution in [2.24, 2.45) is 0 Å². The highest BCUT2D eigenvalue weighted by Crippen LogP contribution is 2.40. The molecular weight excluding hydrogens is 266 g/mol. The molecule has 0 bridgehead atoms. The molecule has 104 valence electrons. The molecule has 1 saturated heterocycles. The molecule has 1 aromatic rings. The molecule has 0 radical (unpaired) electrons. The predicted octanol–water partition coefficient (Wildman–Crippen LogP) is 0.697. The van der Waals surface area contributed by atoms with Gasteiger partial charge < -0.3 is 10.4 Å². The lowest BCUT2D eigenvalue weighted by Gasteiger charge is -2.40. The van der Waals surface area contributed by atoms with Crippen LogP contribution < -0.4 is 5.32 Å². The third-order valence-corrected chi connectivity index (χ3v) is 5.13. The molecule has 2 fully saturated rings. The minimum Gasteiger partial charge on any atom is -0.481 e. The normalized spacial score (nSPS) is 22.3. The van der Waals surface area contributed by atoms with Crippen LogP contribution in [0.1, 0.15) is 38.1 Å². The van der Waals surface area contributed by atoms with Gasteiger partial charge in [-0.3, -0.25) is 4.79 Å². The Kier molecular flexibility index (Phi) is 3.44. The van der Waals surface area contributed by atoms with Crippen molar-refractivity contribution < 1.29 is 9.90 Å². The Bertz CT molecular complexity index is 467. The summed E-state index contributed by atoms with van der Waals surface area (Å²) >= 11 is 1.51. The number of rotatable bonds is 5. The maximum atomic E-state index is 11.0. The zero-order valence-corrected chi connectivity index (χ0v) is 11.4. The number of thioether (sulfide) groups is 1. The van der Waals surface area contributed by atoms with Gasteiger partial charge in [0.05, 0.1) is 17.2 Å². The van der Waals surface area contributed by atoms with Gasteiger partial charge in [-0.2, -0.15) is 0 Å². The first-order valence-electron chi connectivity index (χ1n) is 6.58. The van der Waals surface area contributed by atoms with Crippen LogP contribution >= 0.6 is 11.8 Å². The Morgan fingerprint density at radius 1 is 1.47 bits per heavy atom. The number of nitrogens with zero attached hydrogens (tertiary/aromatic N) is 4. The van der Waals surface area contributed by atoms with Crippen LogP contribution in [0.15, 0.2) is 5.16 Å². The number of aliphatic carboxylic acids is 1. The van der Waals surface area contributed by atoms with Crippen LogP contribution in [0.25, 0.3) is 0 Å². The van der Waals surface area contributed by atoms with Gasteiger partial charge in [0.2, 0.25) is 5.16 Å². The van der Waals surface area contributed by atoms with Crippen LogP contribution in [0.5, 0.6) is 0 Å². The first-order valence-corrected chi connectivity index (χ1v) is 7.40. The zero-order chi connectivity index (χ0) is 13.3. The average molecular weight is 283 g/mol. The Morgan fingerprint density at radius 2 is 2.21 bits per heavy atom. The molecule has 1 aliphatic heterocycles. The van der Waals surface area contributed by atoms with Crippen LogP contribution in [0.3, 0.4) is 0 Å². The van der Waals surface area contributed by atoms with Crippen molar-refractivity contribution in [3.05, 3.63) is 0 Å². The number of carboxylic acids is 1. The minimum atomic E-state index is -0.770. The molecule has 19 heavy (non-hydrogen) atoms. The Balaban J connectivity index is 1.75. The number of tetrazole rings is 1. The van der Waals surface area contributed by atoms with Gasteiger partial charge in [0.15, 0.2) is 0 Å². The van der Waals surface area contributed by atoms with Gasteiger partial charge in [-0.25, -0.2) is 4.68 Å². The SMILES string of the molecule is O=C(O)CC1(Sc2nnnn2C2CCCC2)CNC1. The molecule has 2 heterocycles. The lowest BCUT2D eigenvalue weighted by atomic mass is 9.98. The highest BCUT2D eigenvalue weighted by Gasteiger charge is 2.42. The summed E-state index contributed by atoms with van der Waals surface area (Å²) in [6.45, 7) is 1.39. The number of aromatic nitrogens is 4. The van der Waals surface area contributed by atoms with Crippen LogP contribution in [-0.4, -0.2) is 49.1 Å². The fraction of sp³-hybridized carbons (Fsp3) is 0.818. The second-order valence-electron chi connectivity index (χ2n) is 5.30. The van der Waals surface area contributed by atoms with E-state index in [2.05, 4.69) is 20.8 Å². The predicted molar refractivity (Wildman–Crippen MR) is 69.0 cm³/mol. The van der Waals surface area contributed by atoms with Crippen molar-refractivity contribution in [3.63, 3.8) is 0 Å². The lowest BCUT2D eigenvalue weighted by molar-refractivity contribution is -0.138. The van der Waals surface area contributed by atoms with Crippen LogP contribution in [0, 0.1) is 0 Å². The van der Waals surface area contributed by atoms with E-state index < -0.39 is 5.97 Å². The van der Waals surface area contributed by atoms with E-state index in [4.69, 9.17) is 5.11 Å². The number of hydrogen-bond donors (Lipinski definition) is 2. The molecule has 2 aliphatic rings. The molecule has 0 unspecified atom stereocenters. The largest absolute Gasteiger partial charge is 0.481 e. The summed E-state index contributed by atoms with van der Waals surface area (Å²) in [5.41, 5.74) is 0. The van der Waals surface area contributed by atoms with Crippen molar-refractivity contribution in [3.8, 4) is 0 Å². The van der Waals surface area contributed by atoms with Gasteiger partial charge in [-0.15, -0.1) is 5.10 Å². The molecule has 3 rings (SSSR count). The molecule has 0 atom stereocenters. The van der Waals surface area contributed by atoms with Gasteiger partial charge in [-0.1, -0.05) is 24.6 Å². The summed E-state index contributed by atoms with van der Waals surface area (Å²) in [5, 5.41) is 24.9. The third kappa shape index (κ3) is 2.59. The Labute approximate surface area is 115 Å². The standard InChI is InChI=1S/C11H17N5O2S/c17-9(18)5-11(6-12-7-11)19-10-13-14-15-16(10)8-3-1-2-4-8/h8,12H,1-7H2,(H,17,18). The van der Waals surface area contributed by atoms with Crippen molar-refractivity contribution >= 4 is 17.7 Å². The topological polar surface area (TPSA) is 92.9 Å². The molecule has 8 heteroatoms. The fourth-order valence-electron chi connectivity index (χ4n) is 2.74. The number of nitrogens with one attached hydrogen (secondary N) is 1. The molecule has 1 aromatic heterocycles. The summed E-state index contributed by atoms with van der Waals surface area (Å²) in [6.07, 6.45) is 4.81. The van der Waals surface area contributed by atoms with Gasteiger partial charge in [-0.05, 0) is 23.3 Å². The molecule has 0 spiro atoms. The van der Waals surface area contributed by atoms with Crippen molar-refractivity contribution in [1.82, 2.24) is 25.5 Å². The van der Waals surface area contributed by atoms with Crippen LogP contribution in [-0.2, 0) is 4.79 Å². The van der Waals surface area contributed by atoms with Crippen LogP contribution in [0.4, 0.5) is 0 Å². The quantitative estimate of drug-likeness (QED) is 0.821. The summed E-state index contributed by atoms with van der Waals surface area (Å²) in [7, 11) is 0. The highest BCUT2D eigenvalue weighted by molar-refractivity contribution is 8.00. The van der Waals surface area contributed by atoms with E-state index in [1.165, 1.54) is 24.6 Å². The zero-order valence-electron chi connectivity index (χ0n) is 10.6. The second-order valence-corrected chi connectivity index (χ2v) is 6.74. The second kappa shape index (κ2) is 5.09. The van der Waals surface area contributed by atoms with Gasteiger partial charge in [0, 0.05) is 13.1 Å². The molecule has 1 saturated carbocycles. The van der Waals surface area contributed by atoms with E-state index in [-0.39, 0.29) is 11.2 Å². The Morgan fingerprint density at radius 3 is 2.79 bits per heavy atom. The lowest BCUT2D eigenvalue weighted by Crippen LogP contribution is -2.58. The molecular formula is C11H17N5O2S. The molecule has 1 aliphatic carbocycles. The van der Waals surface area contributed by atoms with E-state index in [1.807, 2.05) is 4.68 Å². The first kappa shape index (κ1) is 12.9. The average Bonchev–Trinajstić information content (AvgIpc) is 2.94. The third-order valence-electron chi connectivity index (χ3n) is 3.81. The number of carbonyl (C=O) groups is 1. The summed E-state index contributed by atoms with van der Waals surface area (Å²) < 4.78 is 1.59. The maximum absolute atomic E-state index is 11.0. The highest BCUT2D eigenvalue weighted by atomic mass is 32.2. The van der Waals surface area contributed by atoms with Crippen molar-refractivity contribution in [1.29, 1.82) is 0 Å². The van der Waals surface area contributed by atoms with E-state index >= 15 is 0 Å². The van der Waals surface area contributed by atoms with E-state index in [1.54, 1.807) is 0 Å². The molecule has 0 amide bonds. The van der Waals surface area contributed by atoms with E-state index in [0.717, 1.165) is 18.0 Å². The van der Waals surface area contributed by atoms with E-state index in [9.17, 15) is 4.79 Å². The number of carboxylic acid groups (broad SMARTS) is 1. The van der Waals surface area contributed by atoms with Crippen molar-refractivity contribution in [2.45, 2.75) is 48.0 Å². The molecule has 7 nitrogen and oxygen atoms in total. The van der Waals surface area contributed by atoms with Gasteiger partial charge in [0.1, 0.15) is 0 Å². The summed E-state index contributed by atoms with van der Waals surface area (Å²) in [6, 6.07) is 0.382. The van der Waals surface area contributed by atoms with Crippen molar-refractivity contribution in [2.75, 3.05) is 13.1 Å². The maximum Gasteiger partial charge on any atom is 0.304 e. The molecule has 2 N–H and O–H groups in total. The minimum absolute atomic E-state index is 0.141. The molecule has 0 aromatic carbocycles. The number of hydrogen-bond acceptors (Lipinski definition) is 6. The Hall–Kier alpha value is -1.15. The van der Waals surface area contributed by atoms with E-state index in [0.29, 0.717) is 19.1 Å². The first-order chi connectivity index (χ1) is 9.19. The van der Waals surface area contributed by atoms with Gasteiger partial charge in [0.25, 0.3) is 0 Å². The summed E-state index contributed by atoms with van der Waals surface area (Å²) in [5.74, 6) is -0.770. The smallest absolute Gasteiger partial charge is 0.304 e. The monoisotopic (exact) mass is 283 g/mol. The van der Waals surface area contributed by atoms with Crippen LogP contribution in [0.2, 0.25) is 0 Å². The summed E-state index contributed by atoms with van der Waals surface area (Å²) in [4.78, 5) is 11.0. The fourth-order valence-corrected chi connectivity index (χ4v) is 4.02.